The fourth-order valence-electron chi connectivity index (χ4n) is 1.93. The third-order valence-electron chi connectivity index (χ3n) is 2.61. The van der Waals surface area contributed by atoms with Crippen LogP contribution in [0.2, 0.25) is 0 Å². The van der Waals surface area contributed by atoms with Crippen LogP contribution in [0.3, 0.4) is 0 Å². The number of rotatable bonds is 2. The number of likely N-dealkylation sites (tertiary alicyclic amines) is 1. The molecular formula is C11H23NO3Si. The highest BCUT2D eigenvalue weighted by Gasteiger charge is 2.29. The molecule has 0 saturated carbocycles. The predicted molar refractivity (Wildman–Crippen MR) is 66.5 cm³/mol. The molecule has 1 rings (SSSR count). The molecule has 1 unspecified atom stereocenters. The van der Waals surface area contributed by atoms with Crippen molar-refractivity contribution in [3.63, 3.8) is 0 Å². The van der Waals surface area contributed by atoms with Crippen LogP contribution in [-0.4, -0.2) is 46.3 Å². The average Bonchev–Trinajstić information content (AvgIpc) is 2.16. The van der Waals surface area contributed by atoms with E-state index in [2.05, 4.69) is 0 Å². The van der Waals surface area contributed by atoms with Crippen molar-refractivity contribution in [1.29, 1.82) is 0 Å². The van der Waals surface area contributed by atoms with Gasteiger partial charge in [0.2, 0.25) is 0 Å². The molecule has 1 atom stereocenters. The summed E-state index contributed by atoms with van der Waals surface area (Å²) in [5, 5.41) is 0. The van der Waals surface area contributed by atoms with Crippen LogP contribution in [0.4, 0.5) is 4.79 Å². The summed E-state index contributed by atoms with van der Waals surface area (Å²) < 4.78 is 10.7. The molecule has 0 aromatic carbocycles. The molecule has 0 aromatic heterocycles. The molecule has 0 bridgehead atoms. The van der Waals surface area contributed by atoms with Gasteiger partial charge in [-0.05, 0) is 40.0 Å². The van der Waals surface area contributed by atoms with E-state index in [0.29, 0.717) is 6.61 Å². The van der Waals surface area contributed by atoms with Crippen molar-refractivity contribution >= 4 is 16.6 Å². The summed E-state index contributed by atoms with van der Waals surface area (Å²) >= 11 is 0. The van der Waals surface area contributed by atoms with Gasteiger partial charge in [0.05, 0.1) is 12.6 Å². The quantitative estimate of drug-likeness (QED) is 0.683. The number of amides is 1. The molecule has 5 heteroatoms. The lowest BCUT2D eigenvalue weighted by atomic mass is 10.0. The Balaban J connectivity index is 2.57. The van der Waals surface area contributed by atoms with Crippen LogP contribution < -0.4 is 0 Å². The summed E-state index contributed by atoms with van der Waals surface area (Å²) in [6.45, 7) is 7.14. The molecule has 1 saturated heterocycles. The van der Waals surface area contributed by atoms with Crippen LogP contribution in [0.1, 0.15) is 40.0 Å². The van der Waals surface area contributed by atoms with E-state index >= 15 is 0 Å². The van der Waals surface area contributed by atoms with Gasteiger partial charge in [-0.3, -0.25) is 0 Å². The second kappa shape index (κ2) is 5.68. The summed E-state index contributed by atoms with van der Waals surface area (Å²) in [6, 6.07) is 0.209. The van der Waals surface area contributed by atoms with Crippen LogP contribution in [0.25, 0.3) is 0 Å². The molecule has 4 nitrogen and oxygen atoms in total. The van der Waals surface area contributed by atoms with Crippen molar-refractivity contribution in [3.05, 3.63) is 0 Å². The van der Waals surface area contributed by atoms with E-state index in [1.54, 1.807) is 0 Å². The first-order valence-corrected chi connectivity index (χ1v) is 6.74. The molecule has 94 valence electrons. The lowest BCUT2D eigenvalue weighted by Crippen LogP contribution is -2.48. The van der Waals surface area contributed by atoms with E-state index < -0.39 is 5.60 Å². The van der Waals surface area contributed by atoms with E-state index in [0.717, 1.165) is 29.9 Å². The van der Waals surface area contributed by atoms with Crippen molar-refractivity contribution < 1.29 is 14.0 Å². The smallest absolute Gasteiger partial charge is 0.410 e. The number of hydrogen-bond acceptors (Lipinski definition) is 3. The number of piperidine rings is 1. The van der Waals surface area contributed by atoms with Crippen molar-refractivity contribution in [2.45, 2.75) is 51.7 Å². The Hall–Kier alpha value is -0.553. The molecule has 0 spiro atoms. The Labute approximate surface area is 101 Å². The zero-order valence-corrected chi connectivity index (χ0v) is 12.8. The monoisotopic (exact) mass is 245 g/mol. The molecule has 1 aliphatic rings. The van der Waals surface area contributed by atoms with Gasteiger partial charge < -0.3 is 14.1 Å². The molecule has 0 N–H and O–H groups in total. The Morgan fingerprint density at radius 3 is 2.69 bits per heavy atom. The van der Waals surface area contributed by atoms with Gasteiger partial charge >= 0.3 is 6.09 Å². The van der Waals surface area contributed by atoms with Crippen LogP contribution in [0, 0.1) is 0 Å². The number of nitrogens with zero attached hydrogens (tertiary/aromatic N) is 1. The summed E-state index contributed by atoms with van der Waals surface area (Å²) in [7, 11) is 0.724. The fraction of sp³-hybridized carbons (Fsp3) is 0.909. The van der Waals surface area contributed by atoms with E-state index in [-0.39, 0.29) is 12.1 Å². The van der Waals surface area contributed by atoms with Gasteiger partial charge in [0.25, 0.3) is 0 Å². The normalized spacial score (nSPS) is 22.2. The second-order valence-corrected chi connectivity index (χ2v) is 5.86. The zero-order valence-electron chi connectivity index (χ0n) is 10.8. The first-order chi connectivity index (χ1) is 7.44. The molecule has 1 fully saturated rings. The lowest BCUT2D eigenvalue weighted by Gasteiger charge is -2.36. The van der Waals surface area contributed by atoms with E-state index in [9.17, 15) is 4.79 Å². The van der Waals surface area contributed by atoms with Gasteiger partial charge in [-0.25, -0.2) is 4.79 Å². The number of carbonyl (C=O) groups excluding carboxylic acids is 1. The van der Waals surface area contributed by atoms with Gasteiger partial charge in [0.1, 0.15) is 16.1 Å². The van der Waals surface area contributed by atoms with Crippen molar-refractivity contribution in [1.82, 2.24) is 4.90 Å². The predicted octanol–water partition coefficient (Wildman–Crippen LogP) is 1.07. The minimum absolute atomic E-state index is 0.198. The van der Waals surface area contributed by atoms with E-state index in [1.807, 2.05) is 25.7 Å². The molecule has 1 amide bonds. The minimum atomic E-state index is -0.416. The van der Waals surface area contributed by atoms with Crippen molar-refractivity contribution in [2.75, 3.05) is 13.2 Å². The highest BCUT2D eigenvalue weighted by molar-refractivity contribution is 5.97. The van der Waals surface area contributed by atoms with Crippen molar-refractivity contribution in [3.8, 4) is 0 Å². The molecular weight excluding hydrogens is 222 g/mol. The van der Waals surface area contributed by atoms with E-state index in [4.69, 9.17) is 9.16 Å². The third kappa shape index (κ3) is 4.13. The lowest BCUT2D eigenvalue weighted by molar-refractivity contribution is 0.00406. The molecule has 0 aliphatic carbocycles. The fourth-order valence-corrected chi connectivity index (χ4v) is 2.31. The SMILES string of the molecule is CC(C)(C)OC(=O)N1CCCCC1CO[SiH3]. The van der Waals surface area contributed by atoms with Crippen LogP contribution >= 0.6 is 0 Å². The van der Waals surface area contributed by atoms with Gasteiger partial charge in [0, 0.05) is 6.54 Å². The van der Waals surface area contributed by atoms with Crippen LogP contribution in [-0.2, 0) is 9.16 Å². The first kappa shape index (κ1) is 13.5. The minimum Gasteiger partial charge on any atom is -0.444 e. The maximum absolute atomic E-state index is 12.0. The Morgan fingerprint density at radius 1 is 1.44 bits per heavy atom. The summed E-state index contributed by atoms with van der Waals surface area (Å²) in [6.07, 6.45) is 3.07. The maximum atomic E-state index is 12.0. The topological polar surface area (TPSA) is 38.8 Å². The Morgan fingerprint density at radius 2 is 2.12 bits per heavy atom. The summed E-state index contributed by atoms with van der Waals surface area (Å²) in [5.74, 6) is 0. The zero-order chi connectivity index (χ0) is 12.2. The molecule has 16 heavy (non-hydrogen) atoms. The number of hydrogen-bond donors (Lipinski definition) is 0. The van der Waals surface area contributed by atoms with Gasteiger partial charge in [-0.15, -0.1) is 0 Å². The molecule has 0 radical (unpaired) electrons. The summed E-state index contributed by atoms with van der Waals surface area (Å²) in [5.41, 5.74) is -0.416. The largest absolute Gasteiger partial charge is 0.444 e. The van der Waals surface area contributed by atoms with Gasteiger partial charge in [-0.2, -0.15) is 0 Å². The van der Waals surface area contributed by atoms with E-state index in [1.165, 1.54) is 6.42 Å². The Bertz CT molecular complexity index is 238. The maximum Gasteiger partial charge on any atom is 0.410 e. The Kier molecular flexibility index (Phi) is 4.80. The highest BCUT2D eigenvalue weighted by Crippen LogP contribution is 2.20. The number of ether oxygens (including phenoxy) is 1. The first-order valence-electron chi connectivity index (χ1n) is 5.92. The van der Waals surface area contributed by atoms with Gasteiger partial charge in [0.15, 0.2) is 0 Å². The molecule has 0 aromatic rings. The molecule has 1 aliphatic heterocycles. The summed E-state index contributed by atoms with van der Waals surface area (Å²) in [4.78, 5) is 13.8. The highest BCUT2D eigenvalue weighted by atomic mass is 28.2. The van der Waals surface area contributed by atoms with Crippen molar-refractivity contribution in [2.24, 2.45) is 0 Å². The average molecular weight is 245 g/mol. The molecule has 1 heterocycles. The number of carbonyl (C=O) groups is 1. The van der Waals surface area contributed by atoms with Gasteiger partial charge in [-0.1, -0.05) is 0 Å². The standard InChI is InChI=1S/C11H23NO3Si/c1-11(2,3)15-10(13)12-7-5-4-6-9(12)8-14-16/h9H,4-8H2,1-3,16H3. The van der Waals surface area contributed by atoms with Crippen LogP contribution in [0.15, 0.2) is 0 Å². The second-order valence-electron chi connectivity index (χ2n) is 5.28. The van der Waals surface area contributed by atoms with Crippen LogP contribution in [0.5, 0.6) is 0 Å². The third-order valence-corrected chi connectivity index (χ3v) is 2.95.